The first-order valence-electron chi connectivity index (χ1n) is 5.62. The maximum absolute atomic E-state index is 11.7. The number of aliphatic carboxylic acids is 1. The predicted molar refractivity (Wildman–Crippen MR) is 56.5 cm³/mol. The Morgan fingerprint density at radius 1 is 1.33 bits per heavy atom. The summed E-state index contributed by atoms with van der Waals surface area (Å²) < 4.78 is 0. The van der Waals surface area contributed by atoms with E-state index in [1.54, 1.807) is 0 Å². The summed E-state index contributed by atoms with van der Waals surface area (Å²) in [6.07, 6.45) is 4.15. The van der Waals surface area contributed by atoms with Crippen molar-refractivity contribution in [1.29, 1.82) is 0 Å². The van der Waals surface area contributed by atoms with E-state index in [0.717, 1.165) is 19.4 Å². The van der Waals surface area contributed by atoms with Crippen molar-refractivity contribution in [3.63, 3.8) is 0 Å². The van der Waals surface area contributed by atoms with Crippen LogP contribution >= 0.6 is 0 Å². The molecule has 0 bridgehead atoms. The van der Waals surface area contributed by atoms with Crippen LogP contribution in [0.2, 0.25) is 0 Å². The number of nitrogens with zero attached hydrogens (tertiary/aromatic N) is 1. The third-order valence-electron chi connectivity index (χ3n) is 2.90. The number of hydrogen-bond acceptors (Lipinski definition) is 2. The molecule has 1 atom stereocenters. The molecule has 0 aromatic heterocycles. The molecule has 4 heteroatoms. The molecule has 15 heavy (non-hydrogen) atoms. The van der Waals surface area contributed by atoms with Gasteiger partial charge in [0.2, 0.25) is 5.91 Å². The van der Waals surface area contributed by atoms with Gasteiger partial charge in [0, 0.05) is 25.4 Å². The Hall–Kier alpha value is -1.06. The van der Waals surface area contributed by atoms with Crippen molar-refractivity contribution in [2.24, 2.45) is 0 Å². The molecule has 1 rings (SSSR count). The number of unbranched alkanes of at least 4 members (excludes halogenated alkanes) is 1. The first-order valence-corrected chi connectivity index (χ1v) is 5.62. The highest BCUT2D eigenvalue weighted by Crippen LogP contribution is 2.18. The lowest BCUT2D eigenvalue weighted by molar-refractivity contribution is -0.137. The average Bonchev–Trinajstić information content (AvgIpc) is 2.58. The second-order valence-corrected chi connectivity index (χ2v) is 4.18. The summed E-state index contributed by atoms with van der Waals surface area (Å²) >= 11 is 0. The second kappa shape index (κ2) is 5.73. The molecule has 1 fully saturated rings. The molecule has 0 aromatic carbocycles. The van der Waals surface area contributed by atoms with E-state index >= 15 is 0 Å². The molecule has 0 spiro atoms. The molecule has 0 saturated carbocycles. The molecule has 1 aliphatic heterocycles. The Bertz CT molecular complexity index is 240. The van der Waals surface area contributed by atoms with E-state index in [0.29, 0.717) is 25.3 Å². The number of carboxylic acids is 1. The quantitative estimate of drug-likeness (QED) is 0.706. The van der Waals surface area contributed by atoms with Gasteiger partial charge in [-0.25, -0.2) is 0 Å². The van der Waals surface area contributed by atoms with Crippen LogP contribution in [-0.2, 0) is 9.59 Å². The van der Waals surface area contributed by atoms with Crippen LogP contribution in [0.1, 0.15) is 45.4 Å². The van der Waals surface area contributed by atoms with Gasteiger partial charge in [0.15, 0.2) is 0 Å². The third-order valence-corrected chi connectivity index (χ3v) is 2.90. The van der Waals surface area contributed by atoms with E-state index in [4.69, 9.17) is 5.11 Å². The number of carbonyl (C=O) groups is 2. The molecule has 1 unspecified atom stereocenters. The highest BCUT2D eigenvalue weighted by atomic mass is 16.4. The Morgan fingerprint density at radius 2 is 2.00 bits per heavy atom. The lowest BCUT2D eigenvalue weighted by Crippen LogP contribution is -2.33. The van der Waals surface area contributed by atoms with Gasteiger partial charge in [-0.05, 0) is 32.6 Å². The zero-order valence-corrected chi connectivity index (χ0v) is 9.24. The fourth-order valence-electron chi connectivity index (χ4n) is 2.00. The van der Waals surface area contributed by atoms with Gasteiger partial charge in [0.25, 0.3) is 0 Å². The topological polar surface area (TPSA) is 57.6 Å². The fourth-order valence-corrected chi connectivity index (χ4v) is 2.00. The molecule has 1 amide bonds. The maximum atomic E-state index is 11.7. The van der Waals surface area contributed by atoms with E-state index in [-0.39, 0.29) is 12.3 Å². The maximum Gasteiger partial charge on any atom is 0.303 e. The zero-order chi connectivity index (χ0) is 11.3. The molecule has 0 radical (unpaired) electrons. The van der Waals surface area contributed by atoms with Gasteiger partial charge < -0.3 is 10.0 Å². The zero-order valence-electron chi connectivity index (χ0n) is 9.24. The van der Waals surface area contributed by atoms with Crippen molar-refractivity contribution in [3.05, 3.63) is 0 Å². The summed E-state index contributed by atoms with van der Waals surface area (Å²) in [5.74, 6) is -0.595. The van der Waals surface area contributed by atoms with Crippen molar-refractivity contribution in [3.8, 4) is 0 Å². The lowest BCUT2D eigenvalue weighted by atomic mass is 10.1. The number of likely N-dealkylation sites (tertiary alicyclic amines) is 1. The van der Waals surface area contributed by atoms with E-state index < -0.39 is 5.97 Å². The summed E-state index contributed by atoms with van der Waals surface area (Å²) in [7, 11) is 0. The van der Waals surface area contributed by atoms with E-state index in [2.05, 4.69) is 6.92 Å². The summed E-state index contributed by atoms with van der Waals surface area (Å²) in [6.45, 7) is 2.95. The smallest absolute Gasteiger partial charge is 0.303 e. The van der Waals surface area contributed by atoms with Gasteiger partial charge >= 0.3 is 5.97 Å². The van der Waals surface area contributed by atoms with Gasteiger partial charge in [-0.1, -0.05) is 0 Å². The first-order chi connectivity index (χ1) is 7.11. The molecule has 1 aliphatic rings. The molecule has 1 heterocycles. The Labute approximate surface area is 90.3 Å². The van der Waals surface area contributed by atoms with Crippen LogP contribution in [-0.4, -0.2) is 34.5 Å². The lowest BCUT2D eigenvalue weighted by Gasteiger charge is -2.21. The minimum atomic E-state index is -0.781. The second-order valence-electron chi connectivity index (χ2n) is 4.18. The van der Waals surface area contributed by atoms with Gasteiger partial charge in [-0.3, -0.25) is 9.59 Å². The number of amides is 1. The first kappa shape index (κ1) is 12.0. The largest absolute Gasteiger partial charge is 0.481 e. The minimum absolute atomic E-state index is 0.169. The third kappa shape index (κ3) is 3.90. The van der Waals surface area contributed by atoms with Crippen molar-refractivity contribution in [2.45, 2.75) is 51.5 Å². The van der Waals surface area contributed by atoms with Crippen molar-refractivity contribution in [2.75, 3.05) is 6.54 Å². The summed E-state index contributed by atoms with van der Waals surface area (Å²) in [5.41, 5.74) is 0. The standard InChI is InChI=1S/C11H19NO3/c1-9-5-4-8-12(9)10(13)6-2-3-7-11(14)15/h9H,2-8H2,1H3,(H,14,15). The van der Waals surface area contributed by atoms with Crippen LogP contribution in [0.5, 0.6) is 0 Å². The summed E-state index contributed by atoms with van der Waals surface area (Å²) in [6, 6.07) is 0.372. The van der Waals surface area contributed by atoms with Gasteiger partial charge in [0.1, 0.15) is 0 Å². The number of carbonyl (C=O) groups excluding carboxylic acids is 1. The van der Waals surface area contributed by atoms with Gasteiger partial charge in [0.05, 0.1) is 0 Å². The molecule has 0 aliphatic carbocycles. The molecular weight excluding hydrogens is 194 g/mol. The number of carboxylic acid groups (broad SMARTS) is 1. The molecule has 4 nitrogen and oxygen atoms in total. The van der Waals surface area contributed by atoms with Crippen LogP contribution in [0.25, 0.3) is 0 Å². The predicted octanol–water partition coefficient (Wildman–Crippen LogP) is 1.64. The molecule has 1 saturated heterocycles. The summed E-state index contributed by atoms with van der Waals surface area (Å²) in [4.78, 5) is 23.9. The van der Waals surface area contributed by atoms with Crippen molar-refractivity contribution >= 4 is 11.9 Å². The van der Waals surface area contributed by atoms with Crippen LogP contribution in [0, 0.1) is 0 Å². The minimum Gasteiger partial charge on any atom is -0.481 e. The molecular formula is C11H19NO3. The molecule has 1 N–H and O–H groups in total. The van der Waals surface area contributed by atoms with Crippen LogP contribution in [0.15, 0.2) is 0 Å². The Morgan fingerprint density at radius 3 is 2.53 bits per heavy atom. The van der Waals surface area contributed by atoms with Crippen LogP contribution in [0.4, 0.5) is 0 Å². The van der Waals surface area contributed by atoms with Crippen LogP contribution < -0.4 is 0 Å². The van der Waals surface area contributed by atoms with Crippen LogP contribution in [0.3, 0.4) is 0 Å². The van der Waals surface area contributed by atoms with Crippen molar-refractivity contribution in [1.82, 2.24) is 4.90 Å². The summed E-state index contributed by atoms with van der Waals surface area (Å²) in [5, 5.41) is 8.44. The molecule has 86 valence electrons. The van der Waals surface area contributed by atoms with Gasteiger partial charge in [-0.15, -0.1) is 0 Å². The van der Waals surface area contributed by atoms with E-state index in [1.807, 2.05) is 4.90 Å². The van der Waals surface area contributed by atoms with Gasteiger partial charge in [-0.2, -0.15) is 0 Å². The molecule has 0 aromatic rings. The van der Waals surface area contributed by atoms with Crippen molar-refractivity contribution < 1.29 is 14.7 Å². The van der Waals surface area contributed by atoms with E-state index in [1.165, 1.54) is 0 Å². The SMILES string of the molecule is CC1CCCN1C(=O)CCCCC(=O)O. The Balaban J connectivity index is 2.15. The Kier molecular flexibility index (Phi) is 4.59. The normalized spacial score (nSPS) is 20.6. The average molecular weight is 213 g/mol. The highest BCUT2D eigenvalue weighted by Gasteiger charge is 2.24. The number of hydrogen-bond donors (Lipinski definition) is 1. The highest BCUT2D eigenvalue weighted by molar-refractivity contribution is 5.76. The fraction of sp³-hybridized carbons (Fsp3) is 0.818. The number of rotatable bonds is 5. The monoisotopic (exact) mass is 213 g/mol. The van der Waals surface area contributed by atoms with E-state index in [9.17, 15) is 9.59 Å².